The predicted octanol–water partition coefficient (Wildman–Crippen LogP) is 2.47. The quantitative estimate of drug-likeness (QED) is 0.724. The van der Waals surface area contributed by atoms with Crippen LogP contribution in [-0.4, -0.2) is 41.9 Å². The number of hydrogen-bond donors (Lipinski definition) is 2. The SMILES string of the molecule is COCCc1nnc(NC(=O)c2c[nH]c3ccc(OC)cc23)s1. The Bertz CT molecular complexity index is 827. The molecule has 0 aliphatic carbocycles. The second-order valence-corrected chi connectivity index (χ2v) is 5.87. The zero-order valence-electron chi connectivity index (χ0n) is 12.8. The Morgan fingerprint density at radius 1 is 1.35 bits per heavy atom. The van der Waals surface area contributed by atoms with E-state index < -0.39 is 0 Å². The molecule has 1 aromatic carbocycles. The molecule has 7 nitrogen and oxygen atoms in total. The van der Waals surface area contributed by atoms with Crippen LogP contribution in [0.4, 0.5) is 5.13 Å². The lowest BCUT2D eigenvalue weighted by Gasteiger charge is -2.02. The highest BCUT2D eigenvalue weighted by Gasteiger charge is 2.15. The Hall–Kier alpha value is -2.45. The molecular formula is C15H16N4O3S. The lowest BCUT2D eigenvalue weighted by Crippen LogP contribution is -2.11. The van der Waals surface area contributed by atoms with E-state index in [0.717, 1.165) is 15.9 Å². The molecule has 2 aromatic heterocycles. The number of benzene rings is 1. The number of amides is 1. The van der Waals surface area contributed by atoms with Crippen molar-refractivity contribution in [1.29, 1.82) is 0 Å². The number of anilines is 1. The van der Waals surface area contributed by atoms with E-state index in [1.54, 1.807) is 20.4 Å². The van der Waals surface area contributed by atoms with Crippen molar-refractivity contribution in [2.75, 3.05) is 26.1 Å². The van der Waals surface area contributed by atoms with Gasteiger partial charge in [0, 0.05) is 30.6 Å². The lowest BCUT2D eigenvalue weighted by molar-refractivity contribution is 0.102. The van der Waals surface area contributed by atoms with E-state index in [4.69, 9.17) is 9.47 Å². The summed E-state index contributed by atoms with van der Waals surface area (Å²) in [5.74, 6) is 0.461. The third-order valence-electron chi connectivity index (χ3n) is 3.34. The molecule has 3 aromatic rings. The highest BCUT2D eigenvalue weighted by molar-refractivity contribution is 7.15. The maximum atomic E-state index is 12.5. The van der Waals surface area contributed by atoms with E-state index in [-0.39, 0.29) is 5.91 Å². The summed E-state index contributed by atoms with van der Waals surface area (Å²) in [6.45, 7) is 0.574. The minimum absolute atomic E-state index is 0.237. The highest BCUT2D eigenvalue weighted by atomic mass is 32.1. The molecule has 0 aliphatic heterocycles. The molecule has 0 unspecified atom stereocenters. The second kappa shape index (κ2) is 6.76. The van der Waals surface area contributed by atoms with E-state index in [1.807, 2.05) is 18.2 Å². The van der Waals surface area contributed by atoms with Gasteiger partial charge in [-0.3, -0.25) is 10.1 Å². The van der Waals surface area contributed by atoms with Crippen LogP contribution in [0.5, 0.6) is 5.75 Å². The van der Waals surface area contributed by atoms with Crippen molar-refractivity contribution in [2.45, 2.75) is 6.42 Å². The Balaban J connectivity index is 1.79. The van der Waals surface area contributed by atoms with Gasteiger partial charge in [-0.25, -0.2) is 0 Å². The Morgan fingerprint density at radius 3 is 3.00 bits per heavy atom. The number of H-pyrrole nitrogens is 1. The van der Waals surface area contributed by atoms with E-state index >= 15 is 0 Å². The van der Waals surface area contributed by atoms with Gasteiger partial charge in [0.25, 0.3) is 5.91 Å². The van der Waals surface area contributed by atoms with Crippen molar-refractivity contribution in [2.24, 2.45) is 0 Å². The monoisotopic (exact) mass is 332 g/mol. The van der Waals surface area contributed by atoms with Crippen LogP contribution in [-0.2, 0) is 11.2 Å². The van der Waals surface area contributed by atoms with Crippen LogP contribution in [0.25, 0.3) is 10.9 Å². The topological polar surface area (TPSA) is 89.1 Å². The molecule has 0 fully saturated rings. The summed E-state index contributed by atoms with van der Waals surface area (Å²) in [5, 5.41) is 12.9. The molecule has 3 rings (SSSR count). The summed E-state index contributed by atoms with van der Waals surface area (Å²) in [6, 6.07) is 5.54. The highest BCUT2D eigenvalue weighted by Crippen LogP contribution is 2.25. The smallest absolute Gasteiger partial charge is 0.259 e. The van der Waals surface area contributed by atoms with Gasteiger partial charge in [0.1, 0.15) is 10.8 Å². The average Bonchev–Trinajstić information content (AvgIpc) is 3.18. The first-order valence-corrected chi connectivity index (χ1v) is 7.80. The number of fused-ring (bicyclic) bond motifs is 1. The molecular weight excluding hydrogens is 316 g/mol. The summed E-state index contributed by atoms with van der Waals surface area (Å²) in [6.07, 6.45) is 2.35. The second-order valence-electron chi connectivity index (χ2n) is 4.81. The number of hydrogen-bond acceptors (Lipinski definition) is 6. The zero-order chi connectivity index (χ0) is 16.2. The summed E-state index contributed by atoms with van der Waals surface area (Å²) in [4.78, 5) is 15.5. The van der Waals surface area contributed by atoms with Crippen LogP contribution in [0, 0.1) is 0 Å². The molecule has 1 amide bonds. The average molecular weight is 332 g/mol. The van der Waals surface area contributed by atoms with E-state index in [9.17, 15) is 4.79 Å². The minimum Gasteiger partial charge on any atom is -0.497 e. The van der Waals surface area contributed by atoms with E-state index in [1.165, 1.54) is 11.3 Å². The molecule has 0 saturated heterocycles. The molecule has 0 bridgehead atoms. The van der Waals surface area contributed by atoms with Gasteiger partial charge < -0.3 is 14.5 Å². The number of carbonyl (C=O) groups excluding carboxylic acids is 1. The van der Waals surface area contributed by atoms with E-state index in [2.05, 4.69) is 20.5 Å². The van der Waals surface area contributed by atoms with Crippen LogP contribution in [0.2, 0.25) is 0 Å². The Kier molecular flexibility index (Phi) is 4.54. The molecule has 120 valence electrons. The number of carbonyl (C=O) groups is 1. The van der Waals surface area contributed by atoms with Gasteiger partial charge in [-0.05, 0) is 18.2 Å². The molecule has 2 N–H and O–H groups in total. The van der Waals surface area contributed by atoms with Gasteiger partial charge in [0.05, 0.1) is 19.3 Å². The van der Waals surface area contributed by atoms with Gasteiger partial charge in [-0.2, -0.15) is 0 Å². The fourth-order valence-electron chi connectivity index (χ4n) is 2.17. The number of rotatable bonds is 6. The zero-order valence-corrected chi connectivity index (χ0v) is 13.6. The van der Waals surface area contributed by atoms with Crippen LogP contribution < -0.4 is 10.1 Å². The fraction of sp³-hybridized carbons (Fsp3) is 0.267. The normalized spacial score (nSPS) is 10.9. The summed E-state index contributed by atoms with van der Waals surface area (Å²) >= 11 is 1.34. The minimum atomic E-state index is -0.237. The molecule has 0 atom stereocenters. The Labute approximate surface area is 136 Å². The third-order valence-corrected chi connectivity index (χ3v) is 4.24. The van der Waals surface area contributed by atoms with Crippen LogP contribution in [0.3, 0.4) is 0 Å². The molecule has 23 heavy (non-hydrogen) atoms. The van der Waals surface area contributed by atoms with Crippen molar-refractivity contribution < 1.29 is 14.3 Å². The first-order valence-electron chi connectivity index (χ1n) is 6.99. The third kappa shape index (κ3) is 3.33. The van der Waals surface area contributed by atoms with Gasteiger partial charge in [0.15, 0.2) is 0 Å². The first kappa shape index (κ1) is 15.4. The van der Waals surface area contributed by atoms with Gasteiger partial charge in [-0.1, -0.05) is 11.3 Å². The largest absolute Gasteiger partial charge is 0.497 e. The summed E-state index contributed by atoms with van der Waals surface area (Å²) in [5.41, 5.74) is 1.40. The number of nitrogens with one attached hydrogen (secondary N) is 2. The van der Waals surface area contributed by atoms with Crippen molar-refractivity contribution >= 4 is 33.3 Å². The van der Waals surface area contributed by atoms with E-state index in [0.29, 0.717) is 29.5 Å². The van der Waals surface area contributed by atoms with Gasteiger partial charge in [-0.15, -0.1) is 10.2 Å². The number of aromatic amines is 1. The molecule has 8 heteroatoms. The Morgan fingerprint density at radius 2 is 2.22 bits per heavy atom. The van der Waals surface area contributed by atoms with Crippen LogP contribution in [0.15, 0.2) is 24.4 Å². The predicted molar refractivity (Wildman–Crippen MR) is 88.3 cm³/mol. The molecule has 0 saturated carbocycles. The summed E-state index contributed by atoms with van der Waals surface area (Å²) in [7, 11) is 3.23. The molecule has 0 aliphatic rings. The maximum Gasteiger partial charge on any atom is 0.259 e. The van der Waals surface area contributed by atoms with Crippen molar-refractivity contribution in [1.82, 2.24) is 15.2 Å². The number of nitrogens with zero attached hydrogens (tertiary/aromatic N) is 2. The number of ether oxygens (including phenoxy) is 2. The van der Waals surface area contributed by atoms with Crippen LogP contribution in [0.1, 0.15) is 15.4 Å². The molecule has 0 radical (unpaired) electrons. The number of aromatic nitrogens is 3. The fourth-order valence-corrected chi connectivity index (χ4v) is 2.89. The lowest BCUT2D eigenvalue weighted by atomic mass is 10.1. The van der Waals surface area contributed by atoms with Crippen molar-refractivity contribution in [3.63, 3.8) is 0 Å². The molecule has 2 heterocycles. The van der Waals surface area contributed by atoms with Crippen LogP contribution >= 0.6 is 11.3 Å². The standard InChI is InChI=1S/C15H16N4O3S/c1-21-6-5-13-18-19-15(23-13)17-14(20)11-8-16-12-4-3-9(22-2)7-10(11)12/h3-4,7-8,16H,5-6H2,1-2H3,(H,17,19,20). The first-order chi connectivity index (χ1) is 11.2. The summed E-state index contributed by atoms with van der Waals surface area (Å²) < 4.78 is 10.2. The van der Waals surface area contributed by atoms with Crippen molar-refractivity contribution in [3.05, 3.63) is 35.0 Å². The van der Waals surface area contributed by atoms with Gasteiger partial charge >= 0.3 is 0 Å². The maximum absolute atomic E-state index is 12.5. The van der Waals surface area contributed by atoms with Gasteiger partial charge in [0.2, 0.25) is 5.13 Å². The van der Waals surface area contributed by atoms with Crippen molar-refractivity contribution in [3.8, 4) is 5.75 Å². The molecule has 0 spiro atoms. The number of methoxy groups -OCH3 is 2.